The number of halogens is 2. The van der Waals surface area contributed by atoms with Crippen LogP contribution in [-0.2, 0) is 11.2 Å². The maximum Gasteiger partial charge on any atom is 0.259 e. The number of H-pyrrole nitrogens is 1. The van der Waals surface area contributed by atoms with Gasteiger partial charge in [0, 0.05) is 37.1 Å². The van der Waals surface area contributed by atoms with Crippen LogP contribution in [0.15, 0.2) is 48.5 Å². The lowest BCUT2D eigenvalue weighted by molar-refractivity contribution is 0.0904. The lowest BCUT2D eigenvalue weighted by Crippen LogP contribution is -2.30. The van der Waals surface area contributed by atoms with E-state index in [4.69, 9.17) is 4.74 Å². The maximum absolute atomic E-state index is 14.2. The van der Waals surface area contributed by atoms with Gasteiger partial charge >= 0.3 is 0 Å². The molecule has 1 amide bonds. The van der Waals surface area contributed by atoms with Gasteiger partial charge in [0.25, 0.3) is 5.91 Å². The van der Waals surface area contributed by atoms with E-state index < -0.39 is 11.6 Å². The van der Waals surface area contributed by atoms with Crippen LogP contribution in [0.2, 0.25) is 0 Å². The van der Waals surface area contributed by atoms with Gasteiger partial charge in [0.1, 0.15) is 17.2 Å². The Balaban J connectivity index is 1.26. The number of benzene rings is 2. The number of likely N-dealkylation sites (tertiary alicyclic amines) is 1. The first-order valence-electron chi connectivity index (χ1n) is 14.2. The smallest absolute Gasteiger partial charge is 0.259 e. The van der Waals surface area contributed by atoms with Crippen molar-refractivity contribution in [2.24, 2.45) is 0 Å². The fourth-order valence-electron chi connectivity index (χ4n) is 5.71. The molecule has 6 rings (SSSR count). The summed E-state index contributed by atoms with van der Waals surface area (Å²) in [6, 6.07) is 13.2. The van der Waals surface area contributed by atoms with Gasteiger partial charge in [0.05, 0.1) is 11.1 Å². The zero-order chi connectivity index (χ0) is 28.3. The first kappa shape index (κ1) is 27.3. The topological polar surface area (TPSA) is 95.2 Å². The van der Waals surface area contributed by atoms with Gasteiger partial charge in [-0.1, -0.05) is 6.07 Å². The first-order chi connectivity index (χ1) is 19.9. The van der Waals surface area contributed by atoms with Crippen LogP contribution in [-0.4, -0.2) is 65.4 Å². The number of nitrogens with one attached hydrogen (secondary N) is 3. The highest BCUT2D eigenvalue weighted by atomic mass is 19.1. The third kappa shape index (κ3) is 6.23. The summed E-state index contributed by atoms with van der Waals surface area (Å²) in [5, 5.41) is 13.7. The molecule has 41 heavy (non-hydrogen) atoms. The number of fused-ring (bicyclic) bond motifs is 1. The number of rotatable bonds is 7. The molecule has 0 aliphatic carbocycles. The number of amides is 1. The van der Waals surface area contributed by atoms with Crippen LogP contribution in [0, 0.1) is 11.6 Å². The van der Waals surface area contributed by atoms with E-state index in [0.29, 0.717) is 41.4 Å². The Morgan fingerprint density at radius 1 is 1.05 bits per heavy atom. The lowest BCUT2D eigenvalue weighted by atomic mass is 9.88. The molecule has 2 fully saturated rings. The molecule has 214 valence electrons. The van der Waals surface area contributed by atoms with Gasteiger partial charge < -0.3 is 20.3 Å². The number of hydrogen-bond donors (Lipinski definition) is 3. The number of aromatic amines is 1. The number of anilines is 2. The molecule has 8 nitrogen and oxygen atoms in total. The van der Waals surface area contributed by atoms with Crippen molar-refractivity contribution in [2.75, 3.05) is 44.0 Å². The van der Waals surface area contributed by atoms with E-state index in [2.05, 4.69) is 49.9 Å². The Morgan fingerprint density at radius 2 is 1.85 bits per heavy atom. The van der Waals surface area contributed by atoms with Crippen molar-refractivity contribution < 1.29 is 18.3 Å². The van der Waals surface area contributed by atoms with Gasteiger partial charge in [0.15, 0.2) is 5.82 Å². The van der Waals surface area contributed by atoms with Crippen LogP contribution in [0.4, 0.5) is 20.3 Å². The van der Waals surface area contributed by atoms with Crippen LogP contribution in [0.25, 0.3) is 11.0 Å². The predicted octanol–water partition coefficient (Wildman–Crippen LogP) is 5.48. The summed E-state index contributed by atoms with van der Waals surface area (Å²) in [4.78, 5) is 20.6. The second-order valence-electron chi connectivity index (χ2n) is 11.1. The molecule has 3 N–H and O–H groups in total. The second kappa shape index (κ2) is 11.9. The molecule has 2 aromatic heterocycles. The largest absolute Gasteiger partial charge is 0.381 e. The molecule has 10 heteroatoms. The molecular weight excluding hydrogens is 526 g/mol. The van der Waals surface area contributed by atoms with Gasteiger partial charge in [0.2, 0.25) is 0 Å². The maximum atomic E-state index is 14.2. The Kier molecular flexibility index (Phi) is 7.93. The van der Waals surface area contributed by atoms with Gasteiger partial charge in [-0.3, -0.25) is 9.89 Å². The summed E-state index contributed by atoms with van der Waals surface area (Å²) in [7, 11) is 2.15. The third-order valence-corrected chi connectivity index (χ3v) is 8.14. The van der Waals surface area contributed by atoms with E-state index >= 15 is 0 Å². The number of nitrogens with zero attached hydrogens (tertiary/aromatic N) is 3. The minimum Gasteiger partial charge on any atom is -0.381 e. The quantitative estimate of drug-likeness (QED) is 0.277. The zero-order valence-electron chi connectivity index (χ0n) is 23.1. The van der Waals surface area contributed by atoms with Gasteiger partial charge in [-0.15, -0.1) is 0 Å². The monoisotopic (exact) mass is 560 g/mol. The average molecular weight is 561 g/mol. The normalized spacial score (nSPS) is 17.1. The molecule has 4 aromatic rings. The number of ether oxygens (including phenoxy) is 1. The number of pyridine rings is 1. The molecule has 0 atom stereocenters. The summed E-state index contributed by atoms with van der Waals surface area (Å²) in [5.74, 6) is -0.568. The number of piperidine rings is 1. The summed E-state index contributed by atoms with van der Waals surface area (Å²) < 4.78 is 33.5. The van der Waals surface area contributed by atoms with Crippen molar-refractivity contribution in [3.05, 3.63) is 82.5 Å². The van der Waals surface area contributed by atoms with Crippen molar-refractivity contribution in [1.29, 1.82) is 0 Å². The van der Waals surface area contributed by atoms with Gasteiger partial charge in [-0.2, -0.15) is 5.10 Å². The van der Waals surface area contributed by atoms with E-state index in [-0.39, 0.29) is 29.8 Å². The molecule has 2 aliphatic rings. The Morgan fingerprint density at radius 3 is 2.66 bits per heavy atom. The fourth-order valence-corrected chi connectivity index (χ4v) is 5.71. The third-order valence-electron chi connectivity index (χ3n) is 8.14. The van der Waals surface area contributed by atoms with Crippen LogP contribution in [0.1, 0.15) is 58.8 Å². The molecule has 0 spiro atoms. The summed E-state index contributed by atoms with van der Waals surface area (Å²) in [6.07, 6.45) is 4.04. The first-order valence-corrected chi connectivity index (χ1v) is 14.2. The predicted molar refractivity (Wildman–Crippen MR) is 154 cm³/mol. The molecule has 2 saturated heterocycles. The van der Waals surface area contributed by atoms with E-state index in [1.54, 1.807) is 12.1 Å². The standard InChI is InChI=1S/C31H34F2N6O2/c1-39-12-8-19(9-13-39)20-2-5-25(28(18-20)34-23-10-14-41-15-11-23)31(40)36-30-29-27(37-38-30)7-4-24(35-29)17-21-16-22(32)3-6-26(21)33/h2-7,16,18-19,23,34H,8-15,17H2,1H3,(H2,36,37,38,40). The van der Waals surface area contributed by atoms with Crippen molar-refractivity contribution >= 4 is 28.4 Å². The Hall–Kier alpha value is -3.89. The number of carbonyl (C=O) groups is 1. The summed E-state index contributed by atoms with van der Waals surface area (Å²) in [6.45, 7) is 3.51. The number of hydrogen-bond acceptors (Lipinski definition) is 6. The molecular formula is C31H34F2N6O2. The van der Waals surface area contributed by atoms with Crippen molar-refractivity contribution in [3.63, 3.8) is 0 Å². The molecule has 0 saturated carbocycles. The SMILES string of the molecule is CN1CCC(c2ccc(C(=O)Nc3n[nH]c4ccc(Cc5cc(F)ccc5F)nc34)c(NC3CCOCC3)c2)CC1. The van der Waals surface area contributed by atoms with Crippen molar-refractivity contribution in [3.8, 4) is 0 Å². The Bertz CT molecular complexity index is 1540. The minimum atomic E-state index is -0.509. The van der Waals surface area contributed by atoms with Crippen molar-refractivity contribution in [2.45, 2.75) is 44.1 Å². The average Bonchev–Trinajstić information content (AvgIpc) is 3.37. The molecule has 4 heterocycles. The van der Waals surface area contributed by atoms with Crippen LogP contribution in [0.5, 0.6) is 0 Å². The van der Waals surface area contributed by atoms with E-state index in [1.807, 2.05) is 6.07 Å². The van der Waals surface area contributed by atoms with E-state index in [1.165, 1.54) is 11.6 Å². The van der Waals surface area contributed by atoms with Crippen molar-refractivity contribution in [1.82, 2.24) is 20.1 Å². The summed E-state index contributed by atoms with van der Waals surface area (Å²) in [5.41, 5.74) is 4.40. The molecule has 0 radical (unpaired) electrons. The van der Waals surface area contributed by atoms with Gasteiger partial charge in [-0.05, 0) is 105 Å². The highest BCUT2D eigenvalue weighted by molar-refractivity contribution is 6.10. The minimum absolute atomic E-state index is 0.107. The fraction of sp³-hybridized carbons (Fsp3) is 0.387. The highest BCUT2D eigenvalue weighted by Gasteiger charge is 2.23. The number of aromatic nitrogens is 3. The summed E-state index contributed by atoms with van der Waals surface area (Å²) >= 11 is 0. The van der Waals surface area contributed by atoms with E-state index in [0.717, 1.165) is 56.6 Å². The second-order valence-corrected chi connectivity index (χ2v) is 11.1. The zero-order valence-corrected chi connectivity index (χ0v) is 23.1. The highest BCUT2D eigenvalue weighted by Crippen LogP contribution is 2.32. The molecule has 2 aromatic carbocycles. The molecule has 0 unspecified atom stereocenters. The Labute approximate surface area is 237 Å². The molecule has 0 bridgehead atoms. The van der Waals surface area contributed by atoms with Crippen LogP contribution >= 0.6 is 0 Å². The van der Waals surface area contributed by atoms with Crippen LogP contribution < -0.4 is 10.6 Å². The van der Waals surface area contributed by atoms with E-state index in [9.17, 15) is 13.6 Å². The van der Waals surface area contributed by atoms with Gasteiger partial charge in [-0.25, -0.2) is 13.8 Å². The number of carbonyl (C=O) groups excluding carboxylic acids is 1. The van der Waals surface area contributed by atoms with Crippen LogP contribution in [0.3, 0.4) is 0 Å². The lowest BCUT2D eigenvalue weighted by Gasteiger charge is -2.30. The molecule has 2 aliphatic heterocycles.